The summed E-state index contributed by atoms with van der Waals surface area (Å²) >= 11 is 0. The second-order valence-electron chi connectivity index (χ2n) is 10.2. The normalized spacial score (nSPS) is 23.0. The van der Waals surface area contributed by atoms with Crippen molar-refractivity contribution in [1.82, 2.24) is 9.80 Å². The summed E-state index contributed by atoms with van der Waals surface area (Å²) in [7, 11) is 0. The lowest BCUT2D eigenvalue weighted by molar-refractivity contribution is -0.231. The number of benzene rings is 2. The van der Waals surface area contributed by atoms with Crippen LogP contribution in [0.25, 0.3) is 11.1 Å². The molecule has 0 atom stereocenters. The fourth-order valence-corrected chi connectivity index (χ4v) is 5.72. The number of hydrogen-bond acceptors (Lipinski definition) is 4. The van der Waals surface area contributed by atoms with Gasteiger partial charge in [0.25, 0.3) is 5.91 Å². The van der Waals surface area contributed by atoms with Crippen LogP contribution in [0, 0.1) is 0 Å². The molecule has 0 radical (unpaired) electrons. The van der Waals surface area contributed by atoms with E-state index in [2.05, 4.69) is 35.2 Å². The highest BCUT2D eigenvalue weighted by Gasteiger charge is 2.42. The summed E-state index contributed by atoms with van der Waals surface area (Å²) < 4.78 is 12.8. The topological polar surface area (TPSA) is 42.0 Å². The van der Waals surface area contributed by atoms with Crippen LogP contribution in [-0.2, 0) is 11.3 Å². The van der Waals surface area contributed by atoms with Crippen LogP contribution in [0.5, 0.6) is 5.75 Å². The molecule has 0 aromatic heterocycles. The molecule has 5 heteroatoms. The van der Waals surface area contributed by atoms with Crippen molar-refractivity contribution in [2.75, 3.05) is 26.2 Å². The minimum absolute atomic E-state index is 0.155. The zero-order valence-electron chi connectivity index (χ0n) is 19.4. The number of ether oxygens (including phenoxy) is 2. The van der Waals surface area contributed by atoms with Crippen LogP contribution in [0.2, 0.25) is 0 Å². The highest BCUT2D eigenvalue weighted by atomic mass is 16.7. The Morgan fingerprint density at radius 3 is 2.27 bits per heavy atom. The third-order valence-electron chi connectivity index (χ3n) is 8.11. The number of carbonyl (C=O) groups is 1. The molecule has 3 heterocycles. The Balaban J connectivity index is 1.13. The van der Waals surface area contributed by atoms with Crippen molar-refractivity contribution in [3.8, 4) is 16.9 Å². The smallest absolute Gasteiger partial charge is 0.253 e. The van der Waals surface area contributed by atoms with Gasteiger partial charge in [0, 0.05) is 56.2 Å². The second-order valence-corrected chi connectivity index (χ2v) is 10.2. The maximum atomic E-state index is 12.8. The molecular formula is C28H34N2O3. The van der Waals surface area contributed by atoms with E-state index in [1.807, 2.05) is 17.0 Å². The number of piperidine rings is 2. The number of rotatable bonds is 3. The van der Waals surface area contributed by atoms with E-state index in [1.54, 1.807) is 0 Å². The predicted octanol–water partition coefficient (Wildman–Crippen LogP) is 5.23. The Hall–Kier alpha value is -2.37. The lowest BCUT2D eigenvalue weighted by atomic mass is 9.89. The molecule has 1 amide bonds. The molecule has 5 nitrogen and oxygen atoms in total. The largest absolute Gasteiger partial charge is 0.462 e. The monoisotopic (exact) mass is 446 g/mol. The van der Waals surface area contributed by atoms with E-state index in [-0.39, 0.29) is 5.91 Å². The average molecular weight is 447 g/mol. The standard InChI is InChI=1S/C28H34N2O3/c31-27(30-15-2-1-3-16-30)22-9-7-21(8-10-22)23-11-12-26-24(19-23)20-32-28(33-26)13-17-29(18-14-28)25-5-4-6-25/h7-12,19,25H,1-6,13-18,20H2. The number of likely N-dealkylation sites (tertiary alicyclic amines) is 2. The van der Waals surface area contributed by atoms with Gasteiger partial charge in [-0.1, -0.05) is 24.6 Å². The highest BCUT2D eigenvalue weighted by molar-refractivity contribution is 5.94. The first-order valence-corrected chi connectivity index (χ1v) is 12.8. The van der Waals surface area contributed by atoms with Crippen LogP contribution in [0.1, 0.15) is 67.3 Å². The van der Waals surface area contributed by atoms with Crippen molar-refractivity contribution < 1.29 is 14.3 Å². The first-order chi connectivity index (χ1) is 16.2. The van der Waals surface area contributed by atoms with E-state index in [0.717, 1.165) is 85.9 Å². The first kappa shape index (κ1) is 21.2. The van der Waals surface area contributed by atoms with Crippen molar-refractivity contribution in [2.45, 2.75) is 69.8 Å². The van der Waals surface area contributed by atoms with Crippen LogP contribution in [0.4, 0.5) is 0 Å². The Morgan fingerprint density at radius 1 is 0.848 bits per heavy atom. The van der Waals surface area contributed by atoms with Crippen LogP contribution in [0.3, 0.4) is 0 Å². The van der Waals surface area contributed by atoms with Gasteiger partial charge in [-0.25, -0.2) is 0 Å². The summed E-state index contributed by atoms with van der Waals surface area (Å²) in [4.78, 5) is 17.4. The Labute approximate surface area is 196 Å². The summed E-state index contributed by atoms with van der Waals surface area (Å²) in [5.41, 5.74) is 4.13. The summed E-state index contributed by atoms with van der Waals surface area (Å²) in [6.45, 7) is 4.50. The van der Waals surface area contributed by atoms with Crippen molar-refractivity contribution in [2.24, 2.45) is 0 Å². The van der Waals surface area contributed by atoms with Crippen molar-refractivity contribution >= 4 is 5.91 Å². The van der Waals surface area contributed by atoms with Gasteiger partial charge in [-0.3, -0.25) is 9.69 Å². The van der Waals surface area contributed by atoms with Gasteiger partial charge < -0.3 is 14.4 Å². The van der Waals surface area contributed by atoms with Gasteiger partial charge in [-0.2, -0.15) is 0 Å². The molecule has 1 aliphatic carbocycles. The zero-order valence-corrected chi connectivity index (χ0v) is 19.4. The van der Waals surface area contributed by atoms with E-state index in [1.165, 1.54) is 25.7 Å². The van der Waals surface area contributed by atoms with E-state index < -0.39 is 5.79 Å². The van der Waals surface area contributed by atoms with Crippen LogP contribution >= 0.6 is 0 Å². The number of nitrogens with zero attached hydrogens (tertiary/aromatic N) is 2. The minimum atomic E-state index is -0.453. The van der Waals surface area contributed by atoms with Gasteiger partial charge in [0.2, 0.25) is 5.79 Å². The zero-order chi connectivity index (χ0) is 22.3. The second kappa shape index (κ2) is 8.77. The lowest BCUT2D eigenvalue weighted by Crippen LogP contribution is -2.54. The molecule has 174 valence electrons. The molecule has 1 saturated carbocycles. The van der Waals surface area contributed by atoms with E-state index >= 15 is 0 Å². The van der Waals surface area contributed by atoms with Gasteiger partial charge in [0.05, 0.1) is 6.61 Å². The molecule has 2 aromatic carbocycles. The Kier molecular flexibility index (Phi) is 5.63. The third kappa shape index (κ3) is 4.17. The molecule has 0 N–H and O–H groups in total. The fourth-order valence-electron chi connectivity index (χ4n) is 5.72. The molecule has 1 spiro atoms. The fraction of sp³-hybridized carbons (Fsp3) is 0.536. The van der Waals surface area contributed by atoms with E-state index in [0.29, 0.717) is 6.61 Å². The van der Waals surface area contributed by atoms with Crippen molar-refractivity contribution in [1.29, 1.82) is 0 Å². The van der Waals surface area contributed by atoms with Crippen LogP contribution in [0.15, 0.2) is 42.5 Å². The lowest BCUT2D eigenvalue weighted by Gasteiger charge is -2.47. The maximum Gasteiger partial charge on any atom is 0.253 e. The molecule has 6 rings (SSSR count). The summed E-state index contributed by atoms with van der Waals surface area (Å²) in [5.74, 6) is 0.659. The van der Waals surface area contributed by atoms with E-state index in [9.17, 15) is 4.79 Å². The maximum absolute atomic E-state index is 12.8. The summed E-state index contributed by atoms with van der Waals surface area (Å²) in [5, 5.41) is 0. The van der Waals surface area contributed by atoms with Gasteiger partial charge >= 0.3 is 0 Å². The molecular weight excluding hydrogens is 412 g/mol. The van der Waals surface area contributed by atoms with Crippen LogP contribution in [-0.4, -0.2) is 53.7 Å². The minimum Gasteiger partial charge on any atom is -0.462 e. The number of hydrogen-bond donors (Lipinski definition) is 0. The average Bonchev–Trinajstić information content (AvgIpc) is 2.84. The summed E-state index contributed by atoms with van der Waals surface area (Å²) in [6.07, 6.45) is 9.43. The molecule has 0 bridgehead atoms. The van der Waals surface area contributed by atoms with E-state index in [4.69, 9.17) is 9.47 Å². The van der Waals surface area contributed by atoms with Crippen molar-refractivity contribution in [3.63, 3.8) is 0 Å². The quantitative estimate of drug-likeness (QED) is 0.647. The molecule has 4 aliphatic rings. The van der Waals surface area contributed by atoms with Gasteiger partial charge in [-0.05, 0) is 67.5 Å². The number of amides is 1. The molecule has 3 aliphatic heterocycles. The SMILES string of the molecule is O=C(c1ccc(-c2ccc3c(c2)COC2(CCN(C4CCC4)CC2)O3)cc1)N1CCCCC1. The number of carbonyl (C=O) groups excluding carboxylic acids is 1. The van der Waals surface area contributed by atoms with Crippen molar-refractivity contribution in [3.05, 3.63) is 53.6 Å². The Bertz CT molecular complexity index is 1000. The highest BCUT2D eigenvalue weighted by Crippen LogP contribution is 2.40. The van der Waals surface area contributed by atoms with Gasteiger partial charge in [0.15, 0.2) is 0 Å². The van der Waals surface area contributed by atoms with Crippen LogP contribution < -0.4 is 4.74 Å². The number of fused-ring (bicyclic) bond motifs is 1. The third-order valence-corrected chi connectivity index (χ3v) is 8.11. The predicted molar refractivity (Wildman–Crippen MR) is 128 cm³/mol. The molecule has 33 heavy (non-hydrogen) atoms. The first-order valence-electron chi connectivity index (χ1n) is 12.8. The summed E-state index contributed by atoms with van der Waals surface area (Å²) in [6, 6.07) is 15.2. The molecule has 2 saturated heterocycles. The molecule has 3 fully saturated rings. The Morgan fingerprint density at radius 2 is 1.58 bits per heavy atom. The molecule has 0 unspecified atom stereocenters. The molecule has 2 aromatic rings. The van der Waals surface area contributed by atoms with Gasteiger partial charge in [0.1, 0.15) is 5.75 Å². The van der Waals surface area contributed by atoms with Gasteiger partial charge in [-0.15, -0.1) is 0 Å².